The number of nitrogens with zero attached hydrogens (tertiary/aromatic N) is 2. The average molecular weight is 247 g/mol. The van der Waals surface area contributed by atoms with E-state index in [0.717, 1.165) is 31.6 Å². The van der Waals surface area contributed by atoms with Crippen LogP contribution in [0.1, 0.15) is 5.56 Å². The van der Waals surface area contributed by atoms with Gasteiger partial charge in [-0.25, -0.2) is 0 Å². The fourth-order valence-corrected chi connectivity index (χ4v) is 3.16. The molecule has 1 aromatic carbocycles. The summed E-state index contributed by atoms with van der Waals surface area (Å²) in [6.45, 7) is 5.78. The van der Waals surface area contributed by atoms with Gasteiger partial charge in [0.2, 0.25) is 0 Å². The third kappa shape index (κ3) is 2.36. The summed E-state index contributed by atoms with van der Waals surface area (Å²) in [5, 5.41) is 9.48. The minimum Gasteiger partial charge on any atom is -0.508 e. The summed E-state index contributed by atoms with van der Waals surface area (Å²) in [6, 6.07) is 8.05. The van der Waals surface area contributed by atoms with E-state index in [1.54, 1.807) is 6.07 Å². The van der Waals surface area contributed by atoms with Gasteiger partial charge in [-0.05, 0) is 24.1 Å². The zero-order chi connectivity index (χ0) is 12.5. The Kier molecular flexibility index (Phi) is 3.24. The molecule has 1 aromatic rings. The number of nitrogens with two attached hydrogens (primary N) is 1. The highest BCUT2D eigenvalue weighted by molar-refractivity contribution is 5.28. The van der Waals surface area contributed by atoms with Gasteiger partial charge in [-0.1, -0.05) is 12.1 Å². The van der Waals surface area contributed by atoms with Gasteiger partial charge in [-0.15, -0.1) is 0 Å². The molecule has 0 radical (unpaired) electrons. The summed E-state index contributed by atoms with van der Waals surface area (Å²) in [5.41, 5.74) is 7.49. The minimum atomic E-state index is 0.148. The van der Waals surface area contributed by atoms with Crippen molar-refractivity contribution in [2.75, 3.05) is 32.7 Å². The summed E-state index contributed by atoms with van der Waals surface area (Å²) < 4.78 is 0. The fraction of sp³-hybridized carbons (Fsp3) is 0.571. The second kappa shape index (κ2) is 4.88. The highest BCUT2D eigenvalue weighted by Crippen LogP contribution is 2.20. The van der Waals surface area contributed by atoms with Crippen LogP contribution < -0.4 is 5.73 Å². The lowest BCUT2D eigenvalue weighted by molar-refractivity contribution is 0.00258. The van der Waals surface area contributed by atoms with Gasteiger partial charge in [0.1, 0.15) is 5.75 Å². The van der Waals surface area contributed by atoms with Crippen molar-refractivity contribution in [1.82, 2.24) is 9.80 Å². The van der Waals surface area contributed by atoms with Gasteiger partial charge >= 0.3 is 0 Å². The third-order valence-electron chi connectivity index (χ3n) is 4.20. The first-order chi connectivity index (χ1) is 8.72. The molecule has 2 unspecified atom stereocenters. The number of rotatable bonds is 3. The number of aromatic hydroxyl groups is 1. The predicted octanol–water partition coefficient (Wildman–Crippen LogP) is 0.262. The van der Waals surface area contributed by atoms with Crippen molar-refractivity contribution in [3.8, 4) is 5.75 Å². The lowest BCUT2D eigenvalue weighted by atomic mass is 9.95. The highest BCUT2D eigenvalue weighted by atomic mass is 16.3. The standard InChI is InChI=1S/C14H21N3O/c15-13(9-11-2-1-3-12(18)8-11)14-10-16-4-6-17(14)7-5-16/h1-3,8,13-14,18H,4-7,9-10,15H2. The van der Waals surface area contributed by atoms with Crippen molar-refractivity contribution in [2.24, 2.45) is 5.73 Å². The Morgan fingerprint density at radius 2 is 2.06 bits per heavy atom. The highest BCUT2D eigenvalue weighted by Gasteiger charge is 2.35. The molecule has 4 heteroatoms. The van der Waals surface area contributed by atoms with E-state index >= 15 is 0 Å². The molecule has 0 saturated carbocycles. The van der Waals surface area contributed by atoms with Crippen molar-refractivity contribution >= 4 is 0 Å². The number of piperazine rings is 3. The topological polar surface area (TPSA) is 52.7 Å². The fourth-order valence-electron chi connectivity index (χ4n) is 3.16. The van der Waals surface area contributed by atoms with E-state index in [9.17, 15) is 5.11 Å². The first-order valence-corrected chi connectivity index (χ1v) is 6.72. The summed E-state index contributed by atoms with van der Waals surface area (Å²) in [5.74, 6) is 0.328. The van der Waals surface area contributed by atoms with Crippen molar-refractivity contribution < 1.29 is 5.11 Å². The molecule has 3 aliphatic rings. The largest absolute Gasteiger partial charge is 0.508 e. The normalized spacial score (nSPS) is 32.4. The summed E-state index contributed by atoms with van der Waals surface area (Å²) >= 11 is 0. The molecule has 0 amide bonds. The summed E-state index contributed by atoms with van der Waals surface area (Å²) in [6.07, 6.45) is 0.837. The van der Waals surface area contributed by atoms with E-state index in [1.165, 1.54) is 13.1 Å². The number of phenols is 1. The van der Waals surface area contributed by atoms with Crippen molar-refractivity contribution in [3.05, 3.63) is 29.8 Å². The van der Waals surface area contributed by atoms with Crippen LogP contribution in [-0.2, 0) is 6.42 Å². The number of benzene rings is 1. The molecule has 3 saturated heterocycles. The van der Waals surface area contributed by atoms with Crippen LogP contribution in [0, 0.1) is 0 Å². The molecule has 4 nitrogen and oxygen atoms in total. The summed E-state index contributed by atoms with van der Waals surface area (Å²) in [7, 11) is 0. The molecule has 3 fully saturated rings. The Morgan fingerprint density at radius 1 is 1.28 bits per heavy atom. The second-order valence-electron chi connectivity index (χ2n) is 5.44. The van der Waals surface area contributed by atoms with E-state index in [4.69, 9.17) is 5.73 Å². The van der Waals surface area contributed by atoms with E-state index in [-0.39, 0.29) is 6.04 Å². The smallest absolute Gasteiger partial charge is 0.115 e. The number of hydrogen-bond donors (Lipinski definition) is 2. The maximum Gasteiger partial charge on any atom is 0.115 e. The van der Waals surface area contributed by atoms with Gasteiger partial charge in [0.15, 0.2) is 0 Å². The van der Waals surface area contributed by atoms with Crippen molar-refractivity contribution in [2.45, 2.75) is 18.5 Å². The number of hydrogen-bond acceptors (Lipinski definition) is 4. The second-order valence-corrected chi connectivity index (χ2v) is 5.44. The Hall–Kier alpha value is -1.10. The first kappa shape index (κ1) is 12.0. The third-order valence-corrected chi connectivity index (χ3v) is 4.20. The Bertz CT molecular complexity index is 415. The molecule has 2 bridgehead atoms. The van der Waals surface area contributed by atoms with Crippen LogP contribution in [0.5, 0.6) is 5.75 Å². The van der Waals surface area contributed by atoms with Crippen molar-refractivity contribution in [1.29, 1.82) is 0 Å². The van der Waals surface area contributed by atoms with E-state index in [0.29, 0.717) is 11.8 Å². The number of fused-ring (bicyclic) bond motifs is 3. The van der Waals surface area contributed by atoms with Gasteiger partial charge in [-0.2, -0.15) is 0 Å². The quantitative estimate of drug-likeness (QED) is 0.804. The van der Waals surface area contributed by atoms with E-state index < -0.39 is 0 Å². The minimum absolute atomic E-state index is 0.148. The molecule has 18 heavy (non-hydrogen) atoms. The van der Waals surface area contributed by atoms with Crippen molar-refractivity contribution in [3.63, 3.8) is 0 Å². The zero-order valence-corrected chi connectivity index (χ0v) is 10.6. The van der Waals surface area contributed by atoms with E-state index in [2.05, 4.69) is 9.80 Å². The van der Waals surface area contributed by atoms with Gasteiger partial charge in [0.25, 0.3) is 0 Å². The van der Waals surface area contributed by atoms with Gasteiger partial charge in [0, 0.05) is 44.8 Å². The number of phenolic OH excluding ortho intramolecular Hbond substituents is 1. The van der Waals surface area contributed by atoms with E-state index in [1.807, 2.05) is 18.2 Å². The molecule has 0 aromatic heterocycles. The van der Waals surface area contributed by atoms with Gasteiger partial charge in [0.05, 0.1) is 0 Å². The van der Waals surface area contributed by atoms with Crippen LogP contribution in [0.25, 0.3) is 0 Å². The molecular weight excluding hydrogens is 226 g/mol. The molecular formula is C14H21N3O. The van der Waals surface area contributed by atoms with Gasteiger partial charge < -0.3 is 10.8 Å². The molecule has 2 atom stereocenters. The van der Waals surface area contributed by atoms with Crippen LogP contribution in [0.3, 0.4) is 0 Å². The Balaban J connectivity index is 1.66. The molecule has 3 heterocycles. The molecule has 0 spiro atoms. The monoisotopic (exact) mass is 247 g/mol. The maximum atomic E-state index is 9.48. The van der Waals surface area contributed by atoms with Crippen LogP contribution >= 0.6 is 0 Å². The molecule has 98 valence electrons. The lowest BCUT2D eigenvalue weighted by Crippen LogP contribution is -2.66. The maximum absolute atomic E-state index is 9.48. The Morgan fingerprint density at radius 3 is 2.67 bits per heavy atom. The van der Waals surface area contributed by atoms with Crippen LogP contribution in [0.4, 0.5) is 0 Å². The van der Waals surface area contributed by atoms with Crippen LogP contribution in [0.2, 0.25) is 0 Å². The first-order valence-electron chi connectivity index (χ1n) is 6.72. The summed E-state index contributed by atoms with van der Waals surface area (Å²) in [4.78, 5) is 5.03. The van der Waals surface area contributed by atoms with Crippen LogP contribution in [0.15, 0.2) is 24.3 Å². The molecule has 4 rings (SSSR count). The average Bonchev–Trinajstić information content (AvgIpc) is 2.40. The lowest BCUT2D eigenvalue weighted by Gasteiger charge is -2.49. The SMILES string of the molecule is NC(Cc1cccc(O)c1)C1CN2CCN1CC2. The Labute approximate surface area is 108 Å². The predicted molar refractivity (Wildman–Crippen MR) is 71.6 cm³/mol. The van der Waals surface area contributed by atoms with Crippen LogP contribution in [-0.4, -0.2) is 59.7 Å². The molecule has 3 N–H and O–H groups in total. The molecule has 0 aliphatic carbocycles. The zero-order valence-electron chi connectivity index (χ0n) is 10.6. The molecule has 3 aliphatic heterocycles. The van der Waals surface area contributed by atoms with Gasteiger partial charge in [-0.3, -0.25) is 9.80 Å².